The quantitative estimate of drug-likeness (QED) is 0.827. The minimum atomic E-state index is -0.651. The number of amides is 2. The summed E-state index contributed by atoms with van der Waals surface area (Å²) in [6.45, 7) is 12.9. The zero-order valence-corrected chi connectivity index (χ0v) is 18.0. The number of hydrogen-bond acceptors (Lipinski definition) is 4. The van der Waals surface area contributed by atoms with E-state index in [-0.39, 0.29) is 11.5 Å². The number of ether oxygens (including phenoxy) is 2. The number of nitrogens with zero attached hydrogens (tertiary/aromatic N) is 1. The van der Waals surface area contributed by atoms with Crippen molar-refractivity contribution >= 4 is 12.0 Å². The highest BCUT2D eigenvalue weighted by Crippen LogP contribution is 2.20. The summed E-state index contributed by atoms with van der Waals surface area (Å²) in [7, 11) is 0. The van der Waals surface area contributed by atoms with Crippen molar-refractivity contribution in [3.63, 3.8) is 0 Å². The van der Waals surface area contributed by atoms with Crippen LogP contribution >= 0.6 is 0 Å². The summed E-state index contributed by atoms with van der Waals surface area (Å²) in [6, 6.07) is 7.00. The number of nitrogens with one attached hydrogen (secondary N) is 1. The highest BCUT2D eigenvalue weighted by molar-refractivity contribution is 5.86. The van der Waals surface area contributed by atoms with Crippen LogP contribution in [0.1, 0.15) is 59.9 Å². The summed E-state index contributed by atoms with van der Waals surface area (Å²) < 4.78 is 11.2. The molecule has 0 radical (unpaired) electrons. The van der Waals surface area contributed by atoms with Crippen LogP contribution in [0.15, 0.2) is 24.3 Å². The van der Waals surface area contributed by atoms with Crippen LogP contribution in [0.3, 0.4) is 0 Å². The van der Waals surface area contributed by atoms with Crippen molar-refractivity contribution in [1.82, 2.24) is 10.2 Å². The lowest BCUT2D eigenvalue weighted by atomic mass is 10.0. The number of benzene rings is 1. The summed E-state index contributed by atoms with van der Waals surface area (Å²) in [5.74, 6) is 0.720. The van der Waals surface area contributed by atoms with Gasteiger partial charge in [-0.25, -0.2) is 4.79 Å². The number of likely N-dealkylation sites (tertiary alicyclic amines) is 1. The molecule has 6 nitrogen and oxygen atoms in total. The first kappa shape index (κ1) is 22.1. The van der Waals surface area contributed by atoms with E-state index >= 15 is 0 Å². The fraction of sp³-hybridized carbons (Fsp3) is 0.636. The van der Waals surface area contributed by atoms with Gasteiger partial charge >= 0.3 is 6.09 Å². The summed E-state index contributed by atoms with van der Waals surface area (Å²) in [6.07, 6.45) is 1.84. The Bertz CT molecular complexity index is 665. The molecule has 1 fully saturated rings. The fourth-order valence-corrected chi connectivity index (χ4v) is 3.09. The number of rotatable bonds is 5. The maximum atomic E-state index is 12.9. The van der Waals surface area contributed by atoms with Gasteiger partial charge in [-0.1, -0.05) is 12.1 Å². The van der Waals surface area contributed by atoms with Crippen molar-refractivity contribution < 1.29 is 19.1 Å². The first-order valence-electron chi connectivity index (χ1n) is 9.99. The molecule has 28 heavy (non-hydrogen) atoms. The molecule has 0 unspecified atom stereocenters. The number of alkyl carbamates (subject to hydrolysis) is 1. The zero-order chi connectivity index (χ0) is 20.9. The number of carbonyl (C=O) groups is 2. The van der Waals surface area contributed by atoms with Gasteiger partial charge in [0, 0.05) is 19.5 Å². The van der Waals surface area contributed by atoms with Crippen molar-refractivity contribution in [2.24, 2.45) is 0 Å². The molecular formula is C22H34N2O4. The molecule has 1 aromatic rings. The van der Waals surface area contributed by atoms with Crippen molar-refractivity contribution in [2.45, 2.75) is 78.0 Å². The summed E-state index contributed by atoms with van der Waals surface area (Å²) in [4.78, 5) is 27.0. The van der Waals surface area contributed by atoms with Crippen LogP contribution in [-0.4, -0.2) is 47.2 Å². The number of hydrogen-bond donors (Lipinski definition) is 1. The van der Waals surface area contributed by atoms with Crippen molar-refractivity contribution in [3.05, 3.63) is 29.8 Å². The van der Waals surface area contributed by atoms with Crippen molar-refractivity contribution in [3.8, 4) is 5.75 Å². The Morgan fingerprint density at radius 3 is 2.07 bits per heavy atom. The Labute approximate surface area is 168 Å². The van der Waals surface area contributed by atoms with E-state index < -0.39 is 17.7 Å². The lowest BCUT2D eigenvalue weighted by molar-refractivity contribution is -0.132. The second-order valence-electron chi connectivity index (χ2n) is 9.29. The van der Waals surface area contributed by atoms with Gasteiger partial charge in [-0.05, 0) is 72.1 Å². The first-order chi connectivity index (χ1) is 12.9. The van der Waals surface area contributed by atoms with Crippen molar-refractivity contribution in [1.29, 1.82) is 0 Å². The normalized spacial score (nSPS) is 15.9. The predicted molar refractivity (Wildman–Crippen MR) is 109 cm³/mol. The molecule has 0 aromatic heterocycles. The first-order valence-corrected chi connectivity index (χ1v) is 9.99. The molecule has 2 amide bonds. The molecule has 2 rings (SSSR count). The maximum Gasteiger partial charge on any atom is 0.408 e. The highest BCUT2D eigenvalue weighted by Gasteiger charge is 2.29. The lowest BCUT2D eigenvalue weighted by Gasteiger charge is -2.26. The molecule has 1 aromatic carbocycles. The van der Waals surface area contributed by atoms with Crippen LogP contribution in [0.5, 0.6) is 5.75 Å². The molecule has 1 aliphatic heterocycles. The molecular weight excluding hydrogens is 356 g/mol. The molecule has 0 bridgehead atoms. The van der Waals surface area contributed by atoms with E-state index in [1.807, 2.05) is 49.9 Å². The van der Waals surface area contributed by atoms with E-state index in [9.17, 15) is 9.59 Å². The largest absolute Gasteiger partial charge is 0.488 e. The zero-order valence-electron chi connectivity index (χ0n) is 18.0. The van der Waals surface area contributed by atoms with E-state index in [1.165, 1.54) is 0 Å². The van der Waals surface area contributed by atoms with Crippen LogP contribution in [-0.2, 0) is 16.0 Å². The van der Waals surface area contributed by atoms with E-state index in [2.05, 4.69) is 5.32 Å². The third kappa shape index (κ3) is 7.41. The Morgan fingerprint density at radius 1 is 1.00 bits per heavy atom. The Kier molecular flexibility index (Phi) is 6.96. The molecule has 1 heterocycles. The fourth-order valence-electron chi connectivity index (χ4n) is 3.09. The van der Waals surface area contributed by atoms with Gasteiger partial charge in [0.1, 0.15) is 23.0 Å². The summed E-state index contributed by atoms with van der Waals surface area (Å²) in [5, 5.41) is 2.77. The Balaban J connectivity index is 2.09. The van der Waals surface area contributed by atoms with Gasteiger partial charge in [-0.3, -0.25) is 4.79 Å². The maximum absolute atomic E-state index is 12.9. The van der Waals surface area contributed by atoms with E-state index in [0.29, 0.717) is 6.42 Å². The minimum absolute atomic E-state index is 0.0571. The third-order valence-electron chi connectivity index (χ3n) is 4.19. The van der Waals surface area contributed by atoms with Crippen LogP contribution < -0.4 is 10.1 Å². The van der Waals surface area contributed by atoms with Crippen LogP contribution in [0.4, 0.5) is 4.79 Å². The molecule has 0 aliphatic carbocycles. The lowest BCUT2D eigenvalue weighted by Crippen LogP contribution is -2.50. The Hall–Kier alpha value is -2.24. The van der Waals surface area contributed by atoms with E-state index in [0.717, 1.165) is 37.2 Å². The second-order valence-corrected chi connectivity index (χ2v) is 9.29. The second kappa shape index (κ2) is 8.84. The van der Waals surface area contributed by atoms with E-state index in [4.69, 9.17) is 9.47 Å². The molecule has 1 saturated heterocycles. The molecule has 0 spiro atoms. The SMILES string of the molecule is CC(C)(C)OC(=O)N[C@@H](Cc1ccc(OC(C)(C)C)cc1)C(=O)N1CCCC1. The Morgan fingerprint density at radius 2 is 1.57 bits per heavy atom. The molecule has 1 N–H and O–H groups in total. The molecule has 6 heteroatoms. The van der Waals surface area contributed by atoms with Gasteiger partial charge in [-0.15, -0.1) is 0 Å². The average molecular weight is 391 g/mol. The van der Waals surface area contributed by atoms with Gasteiger partial charge in [0.25, 0.3) is 0 Å². The summed E-state index contributed by atoms with van der Waals surface area (Å²) in [5.41, 5.74) is 0.0700. The average Bonchev–Trinajstić information content (AvgIpc) is 3.06. The van der Waals surface area contributed by atoms with Gasteiger partial charge in [0.15, 0.2) is 0 Å². The third-order valence-corrected chi connectivity index (χ3v) is 4.19. The predicted octanol–water partition coefficient (Wildman–Crippen LogP) is 3.92. The van der Waals surface area contributed by atoms with Crippen LogP contribution in [0.25, 0.3) is 0 Å². The molecule has 0 saturated carbocycles. The van der Waals surface area contributed by atoms with Gasteiger partial charge in [-0.2, -0.15) is 0 Å². The highest BCUT2D eigenvalue weighted by atomic mass is 16.6. The standard InChI is InChI=1S/C22H34N2O4/c1-21(2,3)27-17-11-9-16(10-12-17)15-18(19(25)24-13-7-8-14-24)23-20(26)28-22(4,5)6/h9-12,18H,7-8,13-15H2,1-6H3,(H,23,26)/t18-/m0/s1. The van der Waals surface area contributed by atoms with Gasteiger partial charge in [0.2, 0.25) is 5.91 Å². The smallest absolute Gasteiger partial charge is 0.408 e. The monoisotopic (exact) mass is 390 g/mol. The molecule has 1 atom stereocenters. The summed E-state index contributed by atoms with van der Waals surface area (Å²) >= 11 is 0. The minimum Gasteiger partial charge on any atom is -0.488 e. The molecule has 1 aliphatic rings. The van der Waals surface area contributed by atoms with Gasteiger partial charge in [0.05, 0.1) is 0 Å². The van der Waals surface area contributed by atoms with Crippen molar-refractivity contribution in [2.75, 3.05) is 13.1 Å². The topological polar surface area (TPSA) is 67.9 Å². The van der Waals surface area contributed by atoms with Gasteiger partial charge < -0.3 is 19.7 Å². The number of carbonyl (C=O) groups excluding carboxylic acids is 2. The molecule has 156 valence electrons. The van der Waals surface area contributed by atoms with Crippen LogP contribution in [0.2, 0.25) is 0 Å². The van der Waals surface area contributed by atoms with Crippen LogP contribution in [0, 0.1) is 0 Å². The van der Waals surface area contributed by atoms with E-state index in [1.54, 1.807) is 20.8 Å².